The minimum Gasteiger partial charge on any atom is -0.395 e. The van der Waals surface area contributed by atoms with Crippen LogP contribution in [0.25, 0.3) is 0 Å². The molecule has 0 saturated heterocycles. The Morgan fingerprint density at radius 1 is 1.23 bits per heavy atom. The van der Waals surface area contributed by atoms with Crippen LogP contribution in [0.15, 0.2) is 46.7 Å². The number of hydrogen-bond acceptors (Lipinski definition) is 5. The van der Waals surface area contributed by atoms with Crippen LogP contribution in [-0.4, -0.2) is 31.9 Å². The molecule has 0 spiro atoms. The lowest BCUT2D eigenvalue weighted by atomic mass is 10.2. The number of thiophene rings is 1. The maximum Gasteiger partial charge on any atom is 0.250 e. The number of halogens is 1. The molecule has 2 aromatic rings. The van der Waals surface area contributed by atoms with Crippen LogP contribution in [0.4, 0.5) is 0 Å². The van der Waals surface area contributed by atoms with Crippen molar-refractivity contribution in [2.75, 3.05) is 12.4 Å². The highest BCUT2D eigenvalue weighted by molar-refractivity contribution is 7.98. The van der Waals surface area contributed by atoms with Gasteiger partial charge in [0.1, 0.15) is 4.21 Å². The van der Waals surface area contributed by atoms with E-state index in [-0.39, 0.29) is 10.8 Å². The lowest BCUT2D eigenvalue weighted by Gasteiger charge is -2.15. The highest BCUT2D eigenvalue weighted by Gasteiger charge is 2.21. The second-order valence-corrected chi connectivity index (χ2v) is 9.25. The standard InChI is InChI=1S/C14H16ClNO3S3/c15-13-6-7-14(21-13)22(18,19)16-12(8-17)10-20-9-11-4-2-1-3-5-11/h1-7,12,16-17H,8-10H2. The third kappa shape index (κ3) is 5.26. The molecule has 22 heavy (non-hydrogen) atoms. The van der Waals surface area contributed by atoms with Crippen LogP contribution in [0, 0.1) is 0 Å². The van der Waals surface area contributed by atoms with Gasteiger partial charge in [0.05, 0.1) is 17.0 Å². The van der Waals surface area contributed by atoms with Crippen LogP contribution in [0.2, 0.25) is 4.34 Å². The summed E-state index contributed by atoms with van der Waals surface area (Å²) in [7, 11) is -3.64. The third-order valence-corrected chi connectivity index (χ3v) is 7.21. The average Bonchev–Trinajstić information content (AvgIpc) is 2.95. The molecule has 120 valence electrons. The molecule has 0 radical (unpaired) electrons. The molecule has 0 bridgehead atoms. The fourth-order valence-corrected chi connectivity index (χ4v) is 5.59. The number of benzene rings is 1. The van der Waals surface area contributed by atoms with E-state index in [2.05, 4.69) is 4.72 Å². The van der Waals surface area contributed by atoms with Gasteiger partial charge in [-0.3, -0.25) is 0 Å². The van der Waals surface area contributed by atoms with Crippen LogP contribution in [0.3, 0.4) is 0 Å². The van der Waals surface area contributed by atoms with Crippen molar-refractivity contribution >= 4 is 44.7 Å². The molecule has 8 heteroatoms. The van der Waals surface area contributed by atoms with E-state index in [0.717, 1.165) is 22.7 Å². The SMILES string of the molecule is O=S(=O)(NC(CO)CSCc1ccccc1)c1ccc(Cl)s1. The molecule has 0 amide bonds. The van der Waals surface area contributed by atoms with E-state index in [1.807, 2.05) is 30.3 Å². The van der Waals surface area contributed by atoms with Crippen LogP contribution in [0.5, 0.6) is 0 Å². The average molecular weight is 378 g/mol. The zero-order chi connectivity index (χ0) is 16.0. The quantitative estimate of drug-likeness (QED) is 0.742. The van der Waals surface area contributed by atoms with Crippen molar-refractivity contribution in [2.24, 2.45) is 0 Å². The normalized spacial score (nSPS) is 13.2. The molecule has 0 aliphatic rings. The smallest absolute Gasteiger partial charge is 0.250 e. The summed E-state index contributed by atoms with van der Waals surface area (Å²) in [5.41, 5.74) is 1.16. The monoisotopic (exact) mass is 377 g/mol. The van der Waals surface area contributed by atoms with Crippen molar-refractivity contribution in [3.63, 3.8) is 0 Å². The number of sulfonamides is 1. The van der Waals surface area contributed by atoms with Crippen LogP contribution in [0.1, 0.15) is 5.56 Å². The third-order valence-electron chi connectivity index (χ3n) is 2.79. The summed E-state index contributed by atoms with van der Waals surface area (Å²) in [5.74, 6) is 1.26. The Bertz CT molecular complexity index is 688. The van der Waals surface area contributed by atoms with E-state index in [9.17, 15) is 13.5 Å². The maximum atomic E-state index is 12.2. The van der Waals surface area contributed by atoms with E-state index in [0.29, 0.717) is 10.1 Å². The molecular formula is C14H16ClNO3S3. The van der Waals surface area contributed by atoms with Crippen molar-refractivity contribution in [2.45, 2.75) is 16.0 Å². The summed E-state index contributed by atoms with van der Waals surface area (Å²) in [4.78, 5) is 0. The summed E-state index contributed by atoms with van der Waals surface area (Å²) < 4.78 is 27.4. The largest absolute Gasteiger partial charge is 0.395 e. The number of rotatable bonds is 8. The number of thioether (sulfide) groups is 1. The van der Waals surface area contributed by atoms with Gasteiger partial charge in [0.25, 0.3) is 0 Å². The van der Waals surface area contributed by atoms with Gasteiger partial charge in [-0.05, 0) is 17.7 Å². The summed E-state index contributed by atoms with van der Waals surface area (Å²) in [5, 5.41) is 9.38. The van der Waals surface area contributed by atoms with E-state index < -0.39 is 16.1 Å². The van der Waals surface area contributed by atoms with Gasteiger partial charge >= 0.3 is 0 Å². The first-order chi connectivity index (χ1) is 10.5. The van der Waals surface area contributed by atoms with Gasteiger partial charge in [-0.1, -0.05) is 41.9 Å². The molecule has 0 saturated carbocycles. The summed E-state index contributed by atoms with van der Waals surface area (Å²) >= 11 is 8.33. The first-order valence-corrected chi connectivity index (χ1v) is 10.3. The maximum absolute atomic E-state index is 12.2. The molecular weight excluding hydrogens is 362 g/mol. The molecule has 1 aromatic heterocycles. The zero-order valence-electron chi connectivity index (χ0n) is 11.6. The predicted octanol–water partition coefficient (Wildman–Crippen LogP) is 2.97. The lowest BCUT2D eigenvalue weighted by molar-refractivity contribution is 0.267. The Morgan fingerprint density at radius 3 is 2.55 bits per heavy atom. The van der Waals surface area contributed by atoms with Crippen molar-refractivity contribution in [3.05, 3.63) is 52.4 Å². The lowest BCUT2D eigenvalue weighted by Crippen LogP contribution is -2.39. The van der Waals surface area contributed by atoms with Crippen LogP contribution >= 0.6 is 34.7 Å². The second-order valence-electron chi connectivity index (χ2n) is 4.56. The topological polar surface area (TPSA) is 66.4 Å². The number of aliphatic hydroxyl groups is 1. The number of aliphatic hydroxyl groups excluding tert-OH is 1. The minimum absolute atomic E-state index is 0.156. The molecule has 2 N–H and O–H groups in total. The Hall–Kier alpha value is -0.570. The van der Waals surface area contributed by atoms with E-state index in [1.54, 1.807) is 17.8 Å². The Labute approximate surface area is 143 Å². The van der Waals surface area contributed by atoms with Gasteiger partial charge in [-0.15, -0.1) is 11.3 Å². The minimum atomic E-state index is -3.64. The predicted molar refractivity (Wildman–Crippen MR) is 93.1 cm³/mol. The Kier molecular flexibility index (Phi) is 6.73. The van der Waals surface area contributed by atoms with Gasteiger partial charge < -0.3 is 5.11 Å². The summed E-state index contributed by atoms with van der Waals surface area (Å²) in [6.07, 6.45) is 0. The highest BCUT2D eigenvalue weighted by Crippen LogP contribution is 2.25. The number of hydrogen-bond donors (Lipinski definition) is 2. The summed E-state index contributed by atoms with van der Waals surface area (Å²) in [6.45, 7) is -0.250. The van der Waals surface area contributed by atoms with E-state index in [4.69, 9.17) is 11.6 Å². The molecule has 0 aliphatic carbocycles. The van der Waals surface area contributed by atoms with Gasteiger partial charge in [0, 0.05) is 11.5 Å². The fourth-order valence-electron chi connectivity index (χ4n) is 1.74. The van der Waals surface area contributed by atoms with Crippen molar-refractivity contribution < 1.29 is 13.5 Å². The van der Waals surface area contributed by atoms with Gasteiger partial charge in [-0.25, -0.2) is 13.1 Å². The van der Waals surface area contributed by atoms with Gasteiger partial charge in [0.15, 0.2) is 0 Å². The molecule has 1 unspecified atom stereocenters. The van der Waals surface area contributed by atoms with E-state index >= 15 is 0 Å². The number of nitrogens with one attached hydrogen (secondary N) is 1. The molecule has 1 atom stereocenters. The highest BCUT2D eigenvalue weighted by atomic mass is 35.5. The Balaban J connectivity index is 1.89. The van der Waals surface area contributed by atoms with E-state index in [1.165, 1.54) is 6.07 Å². The molecule has 1 aromatic carbocycles. The van der Waals surface area contributed by atoms with Gasteiger partial charge in [0.2, 0.25) is 10.0 Å². The van der Waals surface area contributed by atoms with Crippen molar-refractivity contribution in [1.29, 1.82) is 0 Å². The first kappa shape index (κ1) is 17.8. The van der Waals surface area contributed by atoms with Crippen molar-refractivity contribution in [1.82, 2.24) is 4.72 Å². The van der Waals surface area contributed by atoms with Crippen LogP contribution in [-0.2, 0) is 15.8 Å². The molecule has 0 fully saturated rings. The molecule has 4 nitrogen and oxygen atoms in total. The van der Waals surface area contributed by atoms with Gasteiger partial charge in [-0.2, -0.15) is 11.8 Å². The van der Waals surface area contributed by atoms with Crippen LogP contribution < -0.4 is 4.72 Å². The molecule has 2 rings (SSSR count). The first-order valence-electron chi connectivity index (χ1n) is 6.51. The zero-order valence-corrected chi connectivity index (χ0v) is 14.8. The summed E-state index contributed by atoms with van der Waals surface area (Å²) in [6, 6.07) is 12.4. The molecule has 1 heterocycles. The van der Waals surface area contributed by atoms with Crippen molar-refractivity contribution in [3.8, 4) is 0 Å². The fraction of sp³-hybridized carbons (Fsp3) is 0.286. The molecule has 0 aliphatic heterocycles. The second kappa shape index (κ2) is 8.33. The Morgan fingerprint density at radius 2 is 1.95 bits per heavy atom.